The van der Waals surface area contributed by atoms with Gasteiger partial charge in [0.15, 0.2) is 5.22 Å². The normalized spacial score (nSPS) is 12.8. The van der Waals surface area contributed by atoms with Crippen LogP contribution in [0, 0.1) is 0 Å². The highest BCUT2D eigenvalue weighted by Crippen LogP contribution is 2.30. The van der Waals surface area contributed by atoms with Crippen LogP contribution in [-0.4, -0.2) is 16.3 Å². The van der Waals surface area contributed by atoms with E-state index in [1.807, 2.05) is 17.7 Å². The molecule has 2 aromatic rings. The molecule has 4 nitrogen and oxygen atoms in total. The van der Waals surface area contributed by atoms with Crippen molar-refractivity contribution in [2.24, 2.45) is 0 Å². The molecule has 2 heterocycles. The Bertz CT molecular complexity index is 536. The molecule has 0 aliphatic carbocycles. The van der Waals surface area contributed by atoms with E-state index in [1.54, 1.807) is 12.3 Å². The van der Waals surface area contributed by atoms with Crippen LogP contribution >= 0.6 is 23.2 Å². The van der Waals surface area contributed by atoms with Gasteiger partial charge in [-0.3, -0.25) is 4.68 Å². The molecule has 0 aromatic carbocycles. The van der Waals surface area contributed by atoms with Gasteiger partial charge in [0.25, 0.3) is 0 Å². The summed E-state index contributed by atoms with van der Waals surface area (Å²) in [6.07, 6.45) is 2.66. The predicted molar refractivity (Wildman–Crippen MR) is 76.8 cm³/mol. The molecule has 6 heteroatoms. The second kappa shape index (κ2) is 6.46. The molecule has 19 heavy (non-hydrogen) atoms. The Kier molecular flexibility index (Phi) is 4.91. The maximum Gasteiger partial charge on any atom is 0.193 e. The SMILES string of the molecule is CCCn1ncc(Cl)c1C(NCC)c1ccc(Cl)o1. The quantitative estimate of drug-likeness (QED) is 0.880. The molecule has 0 aliphatic rings. The molecule has 0 spiro atoms. The molecule has 0 radical (unpaired) electrons. The number of nitrogens with one attached hydrogen (secondary N) is 1. The minimum Gasteiger partial charge on any atom is -0.448 e. The van der Waals surface area contributed by atoms with Gasteiger partial charge in [-0.1, -0.05) is 25.4 Å². The first kappa shape index (κ1) is 14.4. The van der Waals surface area contributed by atoms with Crippen LogP contribution in [0.4, 0.5) is 0 Å². The standard InChI is InChI=1S/C13H17Cl2N3O/c1-3-7-18-13(9(14)8-17-18)12(16-4-2)10-5-6-11(15)19-10/h5-6,8,12,16H,3-4,7H2,1-2H3. The number of hydrogen-bond donors (Lipinski definition) is 1. The van der Waals surface area contributed by atoms with E-state index in [4.69, 9.17) is 27.6 Å². The Hall–Kier alpha value is -0.970. The van der Waals surface area contributed by atoms with Crippen LogP contribution in [0.1, 0.15) is 37.8 Å². The summed E-state index contributed by atoms with van der Waals surface area (Å²) < 4.78 is 7.42. The second-order valence-corrected chi connectivity index (χ2v) is 5.01. The van der Waals surface area contributed by atoms with Gasteiger partial charge in [-0.05, 0) is 36.7 Å². The molecular formula is C13H17Cl2N3O. The fourth-order valence-electron chi connectivity index (χ4n) is 2.07. The van der Waals surface area contributed by atoms with Crippen LogP contribution in [0.3, 0.4) is 0 Å². The van der Waals surface area contributed by atoms with E-state index < -0.39 is 0 Å². The highest BCUT2D eigenvalue weighted by Gasteiger charge is 2.24. The second-order valence-electron chi connectivity index (χ2n) is 4.23. The van der Waals surface area contributed by atoms with E-state index in [-0.39, 0.29) is 6.04 Å². The van der Waals surface area contributed by atoms with Crippen LogP contribution in [0.5, 0.6) is 0 Å². The van der Waals surface area contributed by atoms with Crippen LogP contribution in [0.15, 0.2) is 22.7 Å². The number of halogens is 2. The smallest absolute Gasteiger partial charge is 0.193 e. The number of aryl methyl sites for hydroxylation is 1. The summed E-state index contributed by atoms with van der Waals surface area (Å²) in [5.74, 6) is 0.742. The molecule has 2 rings (SSSR count). The Balaban J connectivity index is 2.41. The lowest BCUT2D eigenvalue weighted by molar-refractivity contribution is 0.430. The van der Waals surface area contributed by atoms with Crippen molar-refractivity contribution in [3.8, 4) is 0 Å². The minimum absolute atomic E-state index is 0.140. The van der Waals surface area contributed by atoms with Gasteiger partial charge in [0, 0.05) is 6.54 Å². The van der Waals surface area contributed by atoms with E-state index >= 15 is 0 Å². The summed E-state index contributed by atoms with van der Waals surface area (Å²) in [6.45, 7) is 5.74. The van der Waals surface area contributed by atoms with E-state index in [9.17, 15) is 0 Å². The van der Waals surface area contributed by atoms with Crippen molar-refractivity contribution in [3.63, 3.8) is 0 Å². The van der Waals surface area contributed by atoms with Crippen molar-refractivity contribution in [2.45, 2.75) is 32.9 Å². The molecule has 0 bridgehead atoms. The zero-order valence-corrected chi connectivity index (χ0v) is 12.5. The van der Waals surface area contributed by atoms with E-state index in [2.05, 4.69) is 17.3 Å². The topological polar surface area (TPSA) is 43.0 Å². The first-order valence-corrected chi connectivity index (χ1v) is 7.12. The van der Waals surface area contributed by atoms with Gasteiger partial charge in [0.2, 0.25) is 0 Å². The Morgan fingerprint density at radius 3 is 2.74 bits per heavy atom. The third kappa shape index (κ3) is 3.14. The summed E-state index contributed by atoms with van der Waals surface area (Å²) in [5.41, 5.74) is 0.913. The third-order valence-electron chi connectivity index (χ3n) is 2.83. The summed E-state index contributed by atoms with van der Waals surface area (Å²) in [5, 5.41) is 8.67. The van der Waals surface area contributed by atoms with Crippen molar-refractivity contribution >= 4 is 23.2 Å². The number of rotatable bonds is 6. The van der Waals surface area contributed by atoms with Gasteiger partial charge in [0.05, 0.1) is 16.9 Å². The lowest BCUT2D eigenvalue weighted by Crippen LogP contribution is -2.25. The zero-order chi connectivity index (χ0) is 13.8. The monoisotopic (exact) mass is 301 g/mol. The van der Waals surface area contributed by atoms with Crippen molar-refractivity contribution in [1.29, 1.82) is 0 Å². The molecule has 1 unspecified atom stereocenters. The fourth-order valence-corrected chi connectivity index (χ4v) is 2.47. The molecular weight excluding hydrogens is 285 g/mol. The lowest BCUT2D eigenvalue weighted by atomic mass is 10.1. The molecule has 0 saturated carbocycles. The average molecular weight is 302 g/mol. The van der Waals surface area contributed by atoms with E-state index in [0.29, 0.717) is 10.2 Å². The van der Waals surface area contributed by atoms with E-state index in [1.165, 1.54) is 0 Å². The third-order valence-corrected chi connectivity index (χ3v) is 3.32. The lowest BCUT2D eigenvalue weighted by Gasteiger charge is -2.18. The van der Waals surface area contributed by atoms with Crippen molar-refractivity contribution in [2.75, 3.05) is 6.54 Å². The van der Waals surface area contributed by atoms with Crippen molar-refractivity contribution in [3.05, 3.63) is 40.0 Å². The summed E-state index contributed by atoms with van der Waals surface area (Å²) in [6, 6.07) is 3.45. The number of furan rings is 1. The van der Waals surface area contributed by atoms with Gasteiger partial charge in [0.1, 0.15) is 11.8 Å². The van der Waals surface area contributed by atoms with Crippen LogP contribution in [0.2, 0.25) is 10.2 Å². The first-order valence-electron chi connectivity index (χ1n) is 6.37. The van der Waals surface area contributed by atoms with Gasteiger partial charge in [-0.25, -0.2) is 0 Å². The molecule has 0 aliphatic heterocycles. The van der Waals surface area contributed by atoms with Crippen LogP contribution in [-0.2, 0) is 6.54 Å². The molecule has 2 aromatic heterocycles. The number of aromatic nitrogens is 2. The highest BCUT2D eigenvalue weighted by atomic mass is 35.5. The maximum atomic E-state index is 6.27. The van der Waals surface area contributed by atoms with Crippen LogP contribution < -0.4 is 5.32 Å². The Morgan fingerprint density at radius 2 is 2.16 bits per heavy atom. The predicted octanol–water partition coefficient (Wildman–Crippen LogP) is 3.89. The Labute approximate surface area is 122 Å². The largest absolute Gasteiger partial charge is 0.448 e. The van der Waals surface area contributed by atoms with Crippen LogP contribution in [0.25, 0.3) is 0 Å². The van der Waals surface area contributed by atoms with Gasteiger partial charge in [-0.2, -0.15) is 5.10 Å². The van der Waals surface area contributed by atoms with Gasteiger partial charge in [-0.15, -0.1) is 0 Å². The minimum atomic E-state index is -0.140. The molecule has 0 amide bonds. The number of hydrogen-bond acceptors (Lipinski definition) is 3. The molecule has 0 saturated heterocycles. The summed E-state index contributed by atoms with van der Waals surface area (Å²) in [4.78, 5) is 0. The van der Waals surface area contributed by atoms with Crippen molar-refractivity contribution in [1.82, 2.24) is 15.1 Å². The Morgan fingerprint density at radius 1 is 1.37 bits per heavy atom. The fraction of sp³-hybridized carbons (Fsp3) is 0.462. The van der Waals surface area contributed by atoms with E-state index in [0.717, 1.165) is 31.0 Å². The average Bonchev–Trinajstić information content (AvgIpc) is 2.95. The summed E-state index contributed by atoms with van der Waals surface area (Å²) >= 11 is 12.1. The van der Waals surface area contributed by atoms with Crippen molar-refractivity contribution < 1.29 is 4.42 Å². The molecule has 1 N–H and O–H groups in total. The van der Waals surface area contributed by atoms with Gasteiger partial charge >= 0.3 is 0 Å². The molecule has 104 valence electrons. The maximum absolute atomic E-state index is 6.27. The zero-order valence-electron chi connectivity index (χ0n) is 11.0. The first-order chi connectivity index (χ1) is 9.17. The number of nitrogens with zero attached hydrogens (tertiary/aromatic N) is 2. The summed E-state index contributed by atoms with van der Waals surface area (Å²) in [7, 11) is 0. The van der Waals surface area contributed by atoms with Gasteiger partial charge < -0.3 is 9.73 Å². The molecule has 1 atom stereocenters. The molecule has 0 fully saturated rings. The highest BCUT2D eigenvalue weighted by molar-refractivity contribution is 6.31.